The number of hydrogen-bond donors (Lipinski definition) is 1. The summed E-state index contributed by atoms with van der Waals surface area (Å²) in [5.41, 5.74) is 0.635. The van der Waals surface area contributed by atoms with E-state index in [1.165, 1.54) is 12.1 Å². The van der Waals surface area contributed by atoms with Crippen LogP contribution in [0, 0.1) is 22.5 Å². The van der Waals surface area contributed by atoms with Crippen molar-refractivity contribution in [1.82, 2.24) is 0 Å². The third-order valence-electron chi connectivity index (χ3n) is 4.70. The van der Waals surface area contributed by atoms with Crippen LogP contribution in [0.25, 0.3) is 0 Å². The van der Waals surface area contributed by atoms with Gasteiger partial charge in [-0.25, -0.2) is 0 Å². The van der Waals surface area contributed by atoms with E-state index in [0.29, 0.717) is 12.2 Å². The summed E-state index contributed by atoms with van der Waals surface area (Å²) >= 11 is 0. The highest BCUT2D eigenvalue weighted by molar-refractivity contribution is 5.43. The van der Waals surface area contributed by atoms with Crippen molar-refractivity contribution in [3.8, 4) is 5.75 Å². The Balaban J connectivity index is 2.17. The molecular weight excluding hydrogens is 258 g/mol. The van der Waals surface area contributed by atoms with Gasteiger partial charge in [0, 0.05) is 24.0 Å². The molecule has 0 aromatic heterocycles. The molecule has 0 saturated heterocycles. The zero-order chi connectivity index (χ0) is 14.9. The predicted molar refractivity (Wildman–Crippen MR) is 75.9 cm³/mol. The van der Waals surface area contributed by atoms with E-state index in [2.05, 4.69) is 13.8 Å². The van der Waals surface area contributed by atoms with E-state index in [1.54, 1.807) is 13.0 Å². The fourth-order valence-electron chi connectivity index (χ4n) is 3.10. The first kappa shape index (κ1) is 14.8. The van der Waals surface area contributed by atoms with E-state index < -0.39 is 4.92 Å². The highest BCUT2D eigenvalue weighted by atomic mass is 16.6. The number of aliphatic hydroxyl groups is 1. The smallest absolute Gasteiger partial charge is 0.269 e. The first-order valence-corrected chi connectivity index (χ1v) is 7.04. The lowest BCUT2D eigenvalue weighted by Crippen LogP contribution is -2.59. The molecule has 1 aliphatic rings. The lowest BCUT2D eigenvalue weighted by Gasteiger charge is -2.52. The van der Waals surface area contributed by atoms with E-state index in [4.69, 9.17) is 4.74 Å². The molecule has 0 aliphatic heterocycles. The number of benzene rings is 1. The number of nitro groups is 1. The van der Waals surface area contributed by atoms with Crippen LogP contribution in [-0.4, -0.2) is 22.2 Å². The van der Waals surface area contributed by atoms with Crippen LogP contribution in [-0.2, 0) is 0 Å². The average molecular weight is 279 g/mol. The summed E-state index contributed by atoms with van der Waals surface area (Å²) in [6, 6.07) is 4.62. The fourth-order valence-corrected chi connectivity index (χ4v) is 3.10. The third kappa shape index (κ3) is 2.26. The minimum absolute atomic E-state index is 0.0207. The molecule has 110 valence electrons. The second-order valence-corrected chi connectivity index (χ2v) is 5.51. The van der Waals surface area contributed by atoms with Crippen molar-refractivity contribution < 1.29 is 14.8 Å². The monoisotopic (exact) mass is 279 g/mol. The normalized spacial score (nSPS) is 24.0. The van der Waals surface area contributed by atoms with Crippen LogP contribution in [0.4, 0.5) is 5.69 Å². The number of aryl methyl sites for hydroxylation is 1. The molecule has 1 aromatic rings. The molecule has 1 saturated carbocycles. The molecule has 2 unspecified atom stereocenters. The molecule has 0 bridgehead atoms. The summed E-state index contributed by atoms with van der Waals surface area (Å²) in [7, 11) is 0. The van der Waals surface area contributed by atoms with Crippen molar-refractivity contribution in [2.75, 3.05) is 0 Å². The zero-order valence-electron chi connectivity index (χ0n) is 12.1. The lowest BCUT2D eigenvalue weighted by molar-refractivity contribution is -0.384. The van der Waals surface area contributed by atoms with E-state index in [1.807, 2.05) is 0 Å². The number of ether oxygens (including phenoxy) is 1. The van der Waals surface area contributed by atoms with Gasteiger partial charge < -0.3 is 9.84 Å². The van der Waals surface area contributed by atoms with Gasteiger partial charge in [0.25, 0.3) is 5.69 Å². The van der Waals surface area contributed by atoms with Gasteiger partial charge in [-0.2, -0.15) is 0 Å². The zero-order valence-corrected chi connectivity index (χ0v) is 12.1. The first-order chi connectivity index (χ1) is 9.44. The average Bonchev–Trinajstić information content (AvgIpc) is 2.41. The topological polar surface area (TPSA) is 72.6 Å². The summed E-state index contributed by atoms with van der Waals surface area (Å²) in [6.07, 6.45) is 2.01. The quantitative estimate of drug-likeness (QED) is 0.663. The molecule has 0 spiro atoms. The van der Waals surface area contributed by atoms with Gasteiger partial charge in [-0.3, -0.25) is 10.1 Å². The predicted octanol–water partition coefficient (Wildman–Crippen LogP) is 3.22. The summed E-state index contributed by atoms with van der Waals surface area (Å²) < 4.78 is 6.00. The maximum absolute atomic E-state index is 10.7. The maximum Gasteiger partial charge on any atom is 0.269 e. The summed E-state index contributed by atoms with van der Waals surface area (Å²) in [5, 5.41) is 20.7. The molecule has 0 amide bonds. The van der Waals surface area contributed by atoms with Crippen LogP contribution in [0.3, 0.4) is 0 Å². The fraction of sp³-hybridized carbons (Fsp3) is 0.600. The molecule has 2 rings (SSSR count). The number of rotatable bonds is 5. The van der Waals surface area contributed by atoms with Crippen LogP contribution in [0.5, 0.6) is 5.75 Å². The van der Waals surface area contributed by atoms with Crippen molar-refractivity contribution in [3.63, 3.8) is 0 Å². The molecule has 2 atom stereocenters. The largest absolute Gasteiger partial charge is 0.489 e. The van der Waals surface area contributed by atoms with Crippen LogP contribution >= 0.6 is 0 Å². The van der Waals surface area contributed by atoms with Crippen molar-refractivity contribution in [2.24, 2.45) is 5.41 Å². The highest BCUT2D eigenvalue weighted by Crippen LogP contribution is 2.49. The Morgan fingerprint density at radius 1 is 1.45 bits per heavy atom. The maximum atomic E-state index is 10.7. The molecule has 1 N–H and O–H groups in total. The number of nitrogens with zero attached hydrogens (tertiary/aromatic N) is 1. The molecule has 0 heterocycles. The standard InChI is InChI=1S/C15H21NO4/c1-4-15(5-2)13(17)9-14(15)20-12-7-6-11(16(18)19)8-10(12)3/h6-8,13-14,17H,4-5,9H2,1-3H3. The van der Waals surface area contributed by atoms with Gasteiger partial charge in [-0.05, 0) is 31.4 Å². The molecular formula is C15H21NO4. The number of nitro benzene ring substituents is 1. The second-order valence-electron chi connectivity index (χ2n) is 5.51. The second kappa shape index (κ2) is 5.40. The van der Waals surface area contributed by atoms with Crippen molar-refractivity contribution >= 4 is 5.69 Å². The van der Waals surface area contributed by atoms with Gasteiger partial charge >= 0.3 is 0 Å². The first-order valence-electron chi connectivity index (χ1n) is 7.04. The van der Waals surface area contributed by atoms with E-state index in [0.717, 1.165) is 18.4 Å². The van der Waals surface area contributed by atoms with Crippen LogP contribution < -0.4 is 4.74 Å². The molecule has 1 aliphatic carbocycles. The van der Waals surface area contributed by atoms with Gasteiger partial charge in [0.15, 0.2) is 0 Å². The van der Waals surface area contributed by atoms with Gasteiger partial charge in [0.2, 0.25) is 0 Å². The van der Waals surface area contributed by atoms with Crippen LogP contribution in [0.15, 0.2) is 18.2 Å². The molecule has 0 radical (unpaired) electrons. The number of aliphatic hydroxyl groups excluding tert-OH is 1. The van der Waals surface area contributed by atoms with Gasteiger partial charge in [0.05, 0.1) is 11.0 Å². The van der Waals surface area contributed by atoms with Crippen molar-refractivity contribution in [3.05, 3.63) is 33.9 Å². The summed E-state index contributed by atoms with van der Waals surface area (Å²) in [5.74, 6) is 0.666. The van der Waals surface area contributed by atoms with E-state index in [9.17, 15) is 15.2 Å². The molecule has 1 fully saturated rings. The number of non-ortho nitro benzene ring substituents is 1. The summed E-state index contributed by atoms with van der Waals surface area (Å²) in [6.45, 7) is 5.92. The molecule has 5 heteroatoms. The Labute approximate surface area is 118 Å². The SMILES string of the molecule is CCC1(CC)C(O)CC1Oc1ccc([N+](=O)[O-])cc1C. The minimum atomic E-state index is -0.410. The van der Waals surface area contributed by atoms with Crippen LogP contribution in [0.1, 0.15) is 38.7 Å². The molecule has 1 aromatic carbocycles. The van der Waals surface area contributed by atoms with E-state index in [-0.39, 0.29) is 23.3 Å². The minimum Gasteiger partial charge on any atom is -0.489 e. The third-order valence-corrected chi connectivity index (χ3v) is 4.70. The van der Waals surface area contributed by atoms with Gasteiger partial charge in [0.1, 0.15) is 11.9 Å². The van der Waals surface area contributed by atoms with Crippen LogP contribution in [0.2, 0.25) is 0 Å². The Morgan fingerprint density at radius 2 is 2.10 bits per heavy atom. The van der Waals surface area contributed by atoms with E-state index >= 15 is 0 Å². The van der Waals surface area contributed by atoms with Gasteiger partial charge in [-0.15, -0.1) is 0 Å². The lowest BCUT2D eigenvalue weighted by atomic mass is 9.60. The summed E-state index contributed by atoms with van der Waals surface area (Å²) in [4.78, 5) is 10.3. The molecule has 5 nitrogen and oxygen atoms in total. The van der Waals surface area contributed by atoms with Gasteiger partial charge in [-0.1, -0.05) is 13.8 Å². The Hall–Kier alpha value is -1.62. The Kier molecular flexibility index (Phi) is 3.99. The molecule has 20 heavy (non-hydrogen) atoms. The highest BCUT2D eigenvalue weighted by Gasteiger charge is 2.53. The van der Waals surface area contributed by atoms with Crippen molar-refractivity contribution in [1.29, 1.82) is 0 Å². The van der Waals surface area contributed by atoms with Crippen molar-refractivity contribution in [2.45, 2.75) is 52.2 Å². The Bertz CT molecular complexity index is 511. The number of hydrogen-bond acceptors (Lipinski definition) is 4. The Morgan fingerprint density at radius 3 is 2.55 bits per heavy atom.